The summed E-state index contributed by atoms with van der Waals surface area (Å²) >= 11 is 0. The van der Waals surface area contributed by atoms with Gasteiger partial charge in [0.1, 0.15) is 5.75 Å². The standard InChI is InChI=1S/C27H24F3N3O5/c1-25-8-9-26(38-25,10-11-37-18-6-2-15(3-7-18)12-20(32)34)22-21(25)23(35)33(24(22)36)17-5-4-16(14-31)19(13-17)27(28,29)30/h2-7,13,21-22H,8-12H2,1H3,(H2,32,34). The highest BCUT2D eigenvalue weighted by Crippen LogP contribution is 2.62. The van der Waals surface area contributed by atoms with E-state index in [0.29, 0.717) is 31.1 Å². The van der Waals surface area contributed by atoms with Gasteiger partial charge in [0.15, 0.2) is 0 Å². The number of nitrogens with zero attached hydrogens (tertiary/aromatic N) is 2. The minimum absolute atomic E-state index is 0.106. The Balaban J connectivity index is 1.37. The van der Waals surface area contributed by atoms with Crippen LogP contribution in [0, 0.1) is 23.2 Å². The van der Waals surface area contributed by atoms with Crippen molar-refractivity contribution in [1.29, 1.82) is 5.26 Å². The zero-order valence-electron chi connectivity index (χ0n) is 20.4. The Bertz CT molecular complexity index is 1370. The lowest BCUT2D eigenvalue weighted by molar-refractivity contribution is -0.138. The molecule has 0 aromatic heterocycles. The molecule has 198 valence electrons. The van der Waals surface area contributed by atoms with Crippen LogP contribution in [0.3, 0.4) is 0 Å². The largest absolute Gasteiger partial charge is 0.493 e. The Morgan fingerprint density at radius 2 is 1.84 bits per heavy atom. The van der Waals surface area contributed by atoms with E-state index in [0.717, 1.165) is 16.5 Å². The number of amides is 3. The van der Waals surface area contributed by atoms with E-state index in [1.165, 1.54) is 12.1 Å². The second-order valence-electron chi connectivity index (χ2n) is 10.2. The number of carbonyl (C=O) groups excluding carboxylic acids is 3. The Morgan fingerprint density at radius 1 is 1.16 bits per heavy atom. The van der Waals surface area contributed by atoms with Crippen molar-refractivity contribution in [2.75, 3.05) is 11.5 Å². The molecule has 5 rings (SSSR count). The molecule has 11 heteroatoms. The van der Waals surface area contributed by atoms with Crippen molar-refractivity contribution >= 4 is 23.4 Å². The molecule has 4 unspecified atom stereocenters. The van der Waals surface area contributed by atoms with Gasteiger partial charge in [-0.15, -0.1) is 0 Å². The minimum atomic E-state index is -4.83. The van der Waals surface area contributed by atoms with Crippen molar-refractivity contribution in [3.05, 3.63) is 59.2 Å². The summed E-state index contributed by atoms with van der Waals surface area (Å²) in [7, 11) is 0. The molecular formula is C27H24F3N3O5. The van der Waals surface area contributed by atoms with Crippen LogP contribution in [0.25, 0.3) is 0 Å². The molecule has 2 aromatic rings. The summed E-state index contributed by atoms with van der Waals surface area (Å²) in [5, 5.41) is 9.09. The van der Waals surface area contributed by atoms with Gasteiger partial charge in [-0.3, -0.25) is 14.4 Å². The number of imide groups is 1. The van der Waals surface area contributed by atoms with E-state index < -0.39 is 58.1 Å². The Morgan fingerprint density at radius 3 is 2.47 bits per heavy atom. The zero-order chi connectivity index (χ0) is 27.5. The number of halogens is 3. The number of alkyl halides is 3. The van der Waals surface area contributed by atoms with Crippen LogP contribution >= 0.6 is 0 Å². The smallest absolute Gasteiger partial charge is 0.417 e. The lowest BCUT2D eigenvalue weighted by Crippen LogP contribution is -2.43. The van der Waals surface area contributed by atoms with Crippen molar-refractivity contribution in [2.45, 2.75) is 50.0 Å². The maximum Gasteiger partial charge on any atom is 0.417 e. The first-order valence-electron chi connectivity index (χ1n) is 12.1. The number of hydrogen-bond donors (Lipinski definition) is 1. The average Bonchev–Trinajstić information content (AvgIpc) is 3.43. The second-order valence-corrected chi connectivity index (χ2v) is 10.2. The topological polar surface area (TPSA) is 123 Å². The van der Waals surface area contributed by atoms with Gasteiger partial charge >= 0.3 is 6.18 Å². The normalized spacial score (nSPS) is 27.9. The van der Waals surface area contributed by atoms with Gasteiger partial charge in [-0.05, 0) is 55.7 Å². The predicted molar refractivity (Wildman–Crippen MR) is 127 cm³/mol. The molecule has 0 spiro atoms. The molecule has 2 N–H and O–H groups in total. The first-order valence-corrected chi connectivity index (χ1v) is 12.1. The molecule has 3 amide bonds. The molecule has 3 fully saturated rings. The Hall–Kier alpha value is -3.91. The molecule has 0 radical (unpaired) electrons. The number of primary amides is 1. The van der Waals surface area contributed by atoms with Gasteiger partial charge in [0, 0.05) is 6.42 Å². The second kappa shape index (κ2) is 8.84. The number of anilines is 1. The number of fused-ring (bicyclic) bond motifs is 5. The summed E-state index contributed by atoms with van der Waals surface area (Å²) in [4.78, 5) is 39.0. The van der Waals surface area contributed by atoms with E-state index >= 15 is 0 Å². The predicted octanol–water partition coefficient (Wildman–Crippen LogP) is 3.50. The van der Waals surface area contributed by atoms with Crippen LogP contribution in [0.2, 0.25) is 0 Å². The number of nitrogens with two attached hydrogens (primary N) is 1. The first-order chi connectivity index (χ1) is 17.9. The quantitative estimate of drug-likeness (QED) is 0.550. The zero-order valence-corrected chi connectivity index (χ0v) is 20.4. The Kier molecular flexibility index (Phi) is 5.98. The highest BCUT2D eigenvalue weighted by atomic mass is 19.4. The van der Waals surface area contributed by atoms with E-state index in [2.05, 4.69) is 0 Å². The molecule has 0 saturated carbocycles. The molecule has 3 heterocycles. The highest BCUT2D eigenvalue weighted by Gasteiger charge is 2.73. The van der Waals surface area contributed by atoms with Gasteiger partial charge in [-0.25, -0.2) is 4.90 Å². The number of ether oxygens (including phenoxy) is 2. The van der Waals surface area contributed by atoms with E-state index in [9.17, 15) is 27.6 Å². The third kappa shape index (κ3) is 4.09. The van der Waals surface area contributed by atoms with Crippen molar-refractivity contribution < 1.29 is 37.0 Å². The summed E-state index contributed by atoms with van der Waals surface area (Å²) in [6, 6.07) is 11.2. The third-order valence-corrected chi connectivity index (χ3v) is 7.79. The lowest BCUT2D eigenvalue weighted by atomic mass is 9.67. The van der Waals surface area contributed by atoms with Gasteiger partial charge in [-0.1, -0.05) is 12.1 Å². The fraction of sp³-hybridized carbons (Fsp3) is 0.407. The fourth-order valence-electron chi connectivity index (χ4n) is 6.11. The van der Waals surface area contributed by atoms with Crippen LogP contribution in [-0.2, 0) is 31.7 Å². The van der Waals surface area contributed by atoms with E-state index in [1.54, 1.807) is 31.2 Å². The van der Waals surface area contributed by atoms with Crippen molar-refractivity contribution in [1.82, 2.24) is 0 Å². The molecule has 0 aliphatic carbocycles. The van der Waals surface area contributed by atoms with Crippen LogP contribution in [0.4, 0.5) is 18.9 Å². The molecule has 3 saturated heterocycles. The highest BCUT2D eigenvalue weighted by molar-refractivity contribution is 6.23. The van der Waals surface area contributed by atoms with Crippen molar-refractivity contribution in [2.24, 2.45) is 17.6 Å². The van der Waals surface area contributed by atoms with Crippen molar-refractivity contribution in [3.8, 4) is 11.8 Å². The Labute approximate surface area is 216 Å². The monoisotopic (exact) mass is 527 g/mol. The lowest BCUT2D eigenvalue weighted by Gasteiger charge is -2.31. The molecule has 8 nitrogen and oxygen atoms in total. The fourth-order valence-corrected chi connectivity index (χ4v) is 6.11. The summed E-state index contributed by atoms with van der Waals surface area (Å²) in [6.07, 6.45) is -3.41. The summed E-state index contributed by atoms with van der Waals surface area (Å²) in [6.45, 7) is 1.93. The van der Waals surface area contributed by atoms with E-state index in [-0.39, 0.29) is 18.7 Å². The maximum absolute atomic E-state index is 13.6. The van der Waals surface area contributed by atoms with Gasteiger partial charge in [0.05, 0.1) is 58.9 Å². The number of nitriles is 1. The van der Waals surface area contributed by atoms with Gasteiger partial charge in [0.2, 0.25) is 17.7 Å². The van der Waals surface area contributed by atoms with E-state index in [1.807, 2.05) is 0 Å². The number of hydrogen-bond acceptors (Lipinski definition) is 6. The minimum Gasteiger partial charge on any atom is -0.493 e. The molecule has 3 aliphatic heterocycles. The molecule has 38 heavy (non-hydrogen) atoms. The van der Waals surface area contributed by atoms with Gasteiger partial charge in [-0.2, -0.15) is 18.4 Å². The average molecular weight is 527 g/mol. The maximum atomic E-state index is 13.6. The molecular weight excluding hydrogens is 503 g/mol. The summed E-state index contributed by atoms with van der Waals surface area (Å²) in [5.41, 5.74) is 2.01. The van der Waals surface area contributed by atoms with E-state index in [4.69, 9.17) is 20.5 Å². The van der Waals surface area contributed by atoms with Crippen LogP contribution in [0.15, 0.2) is 42.5 Å². The SMILES string of the molecule is CC12CCC(CCOc3ccc(CC(N)=O)cc3)(O1)C1C(=O)N(c3ccc(C#N)c(C(F)(F)F)c3)C(=O)C12. The third-order valence-electron chi connectivity index (χ3n) is 7.79. The molecule has 4 atom stereocenters. The summed E-state index contributed by atoms with van der Waals surface area (Å²) in [5.74, 6) is -2.82. The molecule has 2 bridgehead atoms. The molecule has 3 aliphatic rings. The van der Waals surface area contributed by atoms with Gasteiger partial charge < -0.3 is 15.2 Å². The number of benzene rings is 2. The van der Waals surface area contributed by atoms with Crippen LogP contribution < -0.4 is 15.4 Å². The van der Waals surface area contributed by atoms with Gasteiger partial charge in [0.25, 0.3) is 0 Å². The molecule has 2 aromatic carbocycles. The number of rotatable bonds is 7. The number of carbonyl (C=O) groups is 3. The first kappa shape index (κ1) is 25.7. The van der Waals surface area contributed by atoms with Crippen molar-refractivity contribution in [3.63, 3.8) is 0 Å². The van der Waals surface area contributed by atoms with Crippen LogP contribution in [0.5, 0.6) is 5.75 Å². The van der Waals surface area contributed by atoms with Crippen LogP contribution in [0.1, 0.15) is 42.9 Å². The summed E-state index contributed by atoms with van der Waals surface area (Å²) < 4.78 is 52.8. The van der Waals surface area contributed by atoms with Crippen LogP contribution in [-0.4, -0.2) is 35.5 Å².